The van der Waals surface area contributed by atoms with E-state index in [0.29, 0.717) is 23.1 Å². The molecule has 0 atom stereocenters. The number of ether oxygens (including phenoxy) is 1. The van der Waals surface area contributed by atoms with Crippen LogP contribution in [-0.2, 0) is 0 Å². The fourth-order valence-electron chi connectivity index (χ4n) is 2.52. The first kappa shape index (κ1) is 17.4. The quantitative estimate of drug-likeness (QED) is 0.726. The summed E-state index contributed by atoms with van der Waals surface area (Å²) in [6, 6.07) is 16.7. The second-order valence-electron chi connectivity index (χ2n) is 5.83. The highest BCUT2D eigenvalue weighted by molar-refractivity contribution is 6.03. The molecule has 0 aliphatic heterocycles. The molecular formula is C20H20N4O2. The molecule has 2 aromatic carbocycles. The monoisotopic (exact) mass is 348 g/mol. The van der Waals surface area contributed by atoms with Gasteiger partial charge in [-0.1, -0.05) is 24.3 Å². The van der Waals surface area contributed by atoms with Crippen molar-refractivity contribution >= 4 is 23.1 Å². The van der Waals surface area contributed by atoms with Gasteiger partial charge in [-0.05, 0) is 43.7 Å². The van der Waals surface area contributed by atoms with Crippen molar-refractivity contribution in [2.24, 2.45) is 0 Å². The minimum absolute atomic E-state index is 0.287. The van der Waals surface area contributed by atoms with Crippen LogP contribution in [0.15, 0.2) is 54.6 Å². The third kappa shape index (κ3) is 4.16. The average Bonchev–Trinajstić information content (AvgIpc) is 2.62. The van der Waals surface area contributed by atoms with Crippen LogP contribution in [0.2, 0.25) is 0 Å². The van der Waals surface area contributed by atoms with Crippen molar-refractivity contribution in [1.82, 2.24) is 9.97 Å². The van der Waals surface area contributed by atoms with E-state index in [1.165, 1.54) is 0 Å². The van der Waals surface area contributed by atoms with Gasteiger partial charge in [-0.3, -0.25) is 4.79 Å². The summed E-state index contributed by atoms with van der Waals surface area (Å²) in [4.78, 5) is 21.1. The molecule has 0 spiro atoms. The number of hydrogen-bond donors (Lipinski definition) is 2. The highest BCUT2D eigenvalue weighted by Gasteiger charge is 2.12. The molecule has 3 aromatic rings. The molecule has 0 bridgehead atoms. The van der Waals surface area contributed by atoms with Gasteiger partial charge in [-0.25, -0.2) is 9.97 Å². The molecule has 0 radical (unpaired) electrons. The Kier molecular flexibility index (Phi) is 5.12. The number of para-hydroxylation sites is 1. The zero-order valence-electron chi connectivity index (χ0n) is 14.9. The Hall–Kier alpha value is -3.41. The SMILES string of the molecule is COc1ccc(C)cc1Nc1cc(C(=O)Nc2ccccc2)nc(C)n1. The minimum Gasteiger partial charge on any atom is -0.495 e. The van der Waals surface area contributed by atoms with Crippen LogP contribution in [-0.4, -0.2) is 23.0 Å². The van der Waals surface area contributed by atoms with Gasteiger partial charge in [0.2, 0.25) is 0 Å². The van der Waals surface area contributed by atoms with E-state index < -0.39 is 0 Å². The highest BCUT2D eigenvalue weighted by atomic mass is 16.5. The number of benzene rings is 2. The first-order chi connectivity index (χ1) is 12.5. The van der Waals surface area contributed by atoms with Crippen LogP contribution in [0.4, 0.5) is 17.2 Å². The number of methoxy groups -OCH3 is 1. The Labute approximate surface area is 152 Å². The van der Waals surface area contributed by atoms with Gasteiger partial charge >= 0.3 is 0 Å². The van der Waals surface area contributed by atoms with Crippen LogP contribution in [0.3, 0.4) is 0 Å². The number of carbonyl (C=O) groups excluding carboxylic acids is 1. The number of anilines is 3. The van der Waals surface area contributed by atoms with E-state index in [9.17, 15) is 4.79 Å². The van der Waals surface area contributed by atoms with Crippen LogP contribution in [0.25, 0.3) is 0 Å². The molecule has 0 unspecified atom stereocenters. The Balaban J connectivity index is 1.86. The fourth-order valence-corrected chi connectivity index (χ4v) is 2.52. The summed E-state index contributed by atoms with van der Waals surface area (Å²) in [7, 11) is 1.61. The number of aromatic nitrogens is 2. The van der Waals surface area contributed by atoms with Crippen LogP contribution in [0.1, 0.15) is 21.9 Å². The predicted octanol–water partition coefficient (Wildman–Crippen LogP) is 4.10. The van der Waals surface area contributed by atoms with Gasteiger partial charge in [0.15, 0.2) is 0 Å². The Morgan fingerprint density at radius 2 is 1.77 bits per heavy atom. The van der Waals surface area contributed by atoms with Crippen molar-refractivity contribution in [3.05, 3.63) is 71.7 Å². The number of nitrogens with zero attached hydrogens (tertiary/aromatic N) is 2. The second-order valence-corrected chi connectivity index (χ2v) is 5.83. The maximum Gasteiger partial charge on any atom is 0.274 e. The molecule has 6 heteroatoms. The van der Waals surface area contributed by atoms with Crippen molar-refractivity contribution in [2.75, 3.05) is 17.7 Å². The molecule has 6 nitrogen and oxygen atoms in total. The Morgan fingerprint density at radius 1 is 1.00 bits per heavy atom. The molecule has 0 fully saturated rings. The van der Waals surface area contributed by atoms with E-state index in [1.807, 2.05) is 55.5 Å². The van der Waals surface area contributed by atoms with E-state index in [2.05, 4.69) is 20.6 Å². The largest absolute Gasteiger partial charge is 0.495 e. The molecule has 1 aromatic heterocycles. The van der Waals surface area contributed by atoms with Gasteiger partial charge < -0.3 is 15.4 Å². The second kappa shape index (κ2) is 7.65. The first-order valence-electron chi connectivity index (χ1n) is 8.19. The van der Waals surface area contributed by atoms with Crippen molar-refractivity contribution in [3.63, 3.8) is 0 Å². The van der Waals surface area contributed by atoms with E-state index >= 15 is 0 Å². The van der Waals surface area contributed by atoms with Gasteiger partial charge in [0.1, 0.15) is 23.1 Å². The maximum absolute atomic E-state index is 12.5. The molecule has 26 heavy (non-hydrogen) atoms. The predicted molar refractivity (Wildman–Crippen MR) is 102 cm³/mol. The van der Waals surface area contributed by atoms with Crippen molar-refractivity contribution < 1.29 is 9.53 Å². The topological polar surface area (TPSA) is 76.1 Å². The summed E-state index contributed by atoms with van der Waals surface area (Å²) in [6.07, 6.45) is 0. The summed E-state index contributed by atoms with van der Waals surface area (Å²) in [6.45, 7) is 3.74. The molecular weight excluding hydrogens is 328 g/mol. The number of amides is 1. The van der Waals surface area contributed by atoms with E-state index in [4.69, 9.17) is 4.74 Å². The van der Waals surface area contributed by atoms with Crippen LogP contribution in [0, 0.1) is 13.8 Å². The van der Waals surface area contributed by atoms with Crippen LogP contribution >= 0.6 is 0 Å². The van der Waals surface area contributed by atoms with Crippen molar-refractivity contribution in [3.8, 4) is 5.75 Å². The third-order valence-electron chi connectivity index (χ3n) is 3.72. The summed E-state index contributed by atoms with van der Waals surface area (Å²) in [5, 5.41) is 6.03. The highest BCUT2D eigenvalue weighted by Crippen LogP contribution is 2.28. The molecule has 0 saturated carbocycles. The van der Waals surface area contributed by atoms with Gasteiger partial charge in [0.25, 0.3) is 5.91 Å². The zero-order chi connectivity index (χ0) is 18.5. The summed E-state index contributed by atoms with van der Waals surface area (Å²) < 4.78 is 5.37. The molecule has 0 saturated heterocycles. The number of rotatable bonds is 5. The smallest absolute Gasteiger partial charge is 0.274 e. The lowest BCUT2D eigenvalue weighted by Crippen LogP contribution is -2.15. The molecule has 132 valence electrons. The van der Waals surface area contributed by atoms with Gasteiger partial charge in [0, 0.05) is 11.8 Å². The van der Waals surface area contributed by atoms with Crippen LogP contribution in [0.5, 0.6) is 5.75 Å². The average molecular weight is 348 g/mol. The van der Waals surface area contributed by atoms with E-state index in [0.717, 1.165) is 11.3 Å². The number of nitrogens with one attached hydrogen (secondary N) is 2. The molecule has 1 amide bonds. The lowest BCUT2D eigenvalue weighted by atomic mass is 10.2. The number of carbonyl (C=O) groups is 1. The molecule has 0 aliphatic carbocycles. The van der Waals surface area contributed by atoms with Gasteiger partial charge in [-0.2, -0.15) is 0 Å². The summed E-state index contributed by atoms with van der Waals surface area (Å²) in [5.74, 6) is 1.43. The van der Waals surface area contributed by atoms with E-state index in [-0.39, 0.29) is 11.6 Å². The molecule has 2 N–H and O–H groups in total. The number of aryl methyl sites for hydroxylation is 2. The number of hydrogen-bond acceptors (Lipinski definition) is 5. The Morgan fingerprint density at radius 3 is 2.50 bits per heavy atom. The van der Waals surface area contributed by atoms with Crippen molar-refractivity contribution in [1.29, 1.82) is 0 Å². The first-order valence-corrected chi connectivity index (χ1v) is 8.19. The fraction of sp³-hybridized carbons (Fsp3) is 0.150. The van der Waals surface area contributed by atoms with Gasteiger partial charge in [-0.15, -0.1) is 0 Å². The van der Waals surface area contributed by atoms with Gasteiger partial charge in [0.05, 0.1) is 12.8 Å². The van der Waals surface area contributed by atoms with E-state index in [1.54, 1.807) is 20.1 Å². The summed E-state index contributed by atoms with van der Waals surface area (Å²) >= 11 is 0. The standard InChI is InChI=1S/C20H20N4O2/c1-13-9-10-18(26-3)16(11-13)24-19-12-17(21-14(2)22-19)20(25)23-15-7-5-4-6-8-15/h4-12H,1-3H3,(H,23,25)(H,21,22,24). The Bertz CT molecular complexity index is 926. The zero-order valence-corrected chi connectivity index (χ0v) is 14.9. The minimum atomic E-state index is -0.291. The third-order valence-corrected chi connectivity index (χ3v) is 3.72. The maximum atomic E-state index is 12.5. The summed E-state index contributed by atoms with van der Waals surface area (Å²) in [5.41, 5.74) is 2.86. The molecule has 3 rings (SSSR count). The molecule has 1 heterocycles. The van der Waals surface area contributed by atoms with Crippen LogP contribution < -0.4 is 15.4 Å². The molecule has 0 aliphatic rings. The lowest BCUT2D eigenvalue weighted by Gasteiger charge is -2.13. The lowest BCUT2D eigenvalue weighted by molar-refractivity contribution is 0.102. The normalized spacial score (nSPS) is 10.3. The van der Waals surface area contributed by atoms with Crippen molar-refractivity contribution in [2.45, 2.75) is 13.8 Å².